The molecule has 2 N–H and O–H groups in total. The van der Waals surface area contributed by atoms with E-state index in [0.717, 1.165) is 6.07 Å². The molecule has 3 amide bonds. The van der Waals surface area contributed by atoms with E-state index in [1.165, 1.54) is 29.5 Å². The molecule has 3 heterocycles. The van der Waals surface area contributed by atoms with Gasteiger partial charge < -0.3 is 15.4 Å². The summed E-state index contributed by atoms with van der Waals surface area (Å²) >= 11 is 0. The Labute approximate surface area is 170 Å². The number of nitrogens with two attached hydrogens (primary N) is 1. The van der Waals surface area contributed by atoms with Crippen molar-refractivity contribution in [2.75, 3.05) is 13.1 Å². The molecular weight excluding hydrogens is 398 g/mol. The predicted octanol–water partition coefficient (Wildman–Crippen LogP) is 1.86. The van der Waals surface area contributed by atoms with Gasteiger partial charge in [0.15, 0.2) is 0 Å². The molecule has 1 fully saturated rings. The Balaban J connectivity index is 1.42. The predicted molar refractivity (Wildman–Crippen MR) is 101 cm³/mol. The van der Waals surface area contributed by atoms with Crippen LogP contribution in [0.2, 0.25) is 0 Å². The van der Waals surface area contributed by atoms with E-state index in [4.69, 9.17) is 10.5 Å². The summed E-state index contributed by atoms with van der Waals surface area (Å²) in [6.45, 7) is 0.679. The highest BCUT2D eigenvalue weighted by Gasteiger charge is 2.36. The highest BCUT2D eigenvalue weighted by molar-refractivity contribution is 5.90. The number of urea groups is 1. The van der Waals surface area contributed by atoms with Crippen LogP contribution in [0.3, 0.4) is 0 Å². The molecule has 0 radical (unpaired) electrons. The van der Waals surface area contributed by atoms with E-state index in [2.05, 4.69) is 15.1 Å². The topological polar surface area (TPSA) is 114 Å². The first-order valence-electron chi connectivity index (χ1n) is 9.26. The molecule has 2 aliphatic heterocycles. The molecule has 9 nitrogen and oxygen atoms in total. The molecule has 0 aliphatic carbocycles. The molecule has 2 aromatic rings. The van der Waals surface area contributed by atoms with Crippen molar-refractivity contribution >= 4 is 18.2 Å². The number of ether oxygens (including phenoxy) is 1. The molecule has 11 heteroatoms. The molecule has 1 saturated heterocycles. The quantitative estimate of drug-likeness (QED) is 0.817. The third-order valence-corrected chi connectivity index (χ3v) is 4.89. The van der Waals surface area contributed by atoms with E-state index in [1.807, 2.05) is 0 Å². The Bertz CT molecular complexity index is 997. The summed E-state index contributed by atoms with van der Waals surface area (Å²) in [5.41, 5.74) is 5.57. The first-order valence-corrected chi connectivity index (χ1v) is 9.26. The van der Waals surface area contributed by atoms with Crippen LogP contribution in [-0.4, -0.2) is 57.2 Å². The third kappa shape index (κ3) is 4.04. The highest BCUT2D eigenvalue weighted by atomic mass is 19.1. The SMILES string of the molecule is NC(=O)c1cc(O[C@@H]2CCN(C(=O)N3N=CC[C@H]3c3cc(F)cc(F)c3)C2)ncn1. The fourth-order valence-corrected chi connectivity index (χ4v) is 3.50. The van der Waals surface area contributed by atoms with Gasteiger partial charge in [0.25, 0.3) is 5.91 Å². The van der Waals surface area contributed by atoms with Crippen molar-refractivity contribution in [2.45, 2.75) is 25.0 Å². The summed E-state index contributed by atoms with van der Waals surface area (Å²) in [4.78, 5) is 33.4. The fourth-order valence-electron chi connectivity index (χ4n) is 3.50. The van der Waals surface area contributed by atoms with Crippen molar-refractivity contribution in [2.24, 2.45) is 10.8 Å². The average Bonchev–Trinajstić information content (AvgIpc) is 3.36. The molecule has 0 spiro atoms. The maximum Gasteiger partial charge on any atom is 0.341 e. The van der Waals surface area contributed by atoms with Crippen LogP contribution in [0.1, 0.15) is 34.9 Å². The largest absolute Gasteiger partial charge is 0.472 e. The minimum absolute atomic E-state index is 0.0301. The van der Waals surface area contributed by atoms with Crippen LogP contribution in [0.25, 0.3) is 0 Å². The van der Waals surface area contributed by atoms with Crippen molar-refractivity contribution in [3.8, 4) is 5.88 Å². The van der Waals surface area contributed by atoms with Crippen LogP contribution in [0.4, 0.5) is 13.6 Å². The number of carbonyl (C=O) groups is 2. The van der Waals surface area contributed by atoms with Gasteiger partial charge in [0.05, 0.1) is 12.6 Å². The standard InChI is InChI=1S/C19H18F2N6O3/c20-12-5-11(6-13(21)7-12)16-1-3-25-27(16)19(29)26-4-2-14(9-26)30-17-8-15(18(22)28)23-10-24-17/h3,5-8,10,14,16H,1-2,4,9H2,(H2,22,28)/t14-,16+/m1/s1. The summed E-state index contributed by atoms with van der Waals surface area (Å²) in [6.07, 6.45) is 3.27. The lowest BCUT2D eigenvalue weighted by molar-refractivity contribution is 0.0994. The average molecular weight is 416 g/mol. The lowest BCUT2D eigenvalue weighted by Crippen LogP contribution is -2.40. The van der Waals surface area contributed by atoms with Crippen molar-refractivity contribution in [3.05, 3.63) is 53.5 Å². The molecular formula is C19H18F2N6O3. The number of hydrogen-bond donors (Lipinski definition) is 1. The Kier molecular flexibility index (Phi) is 5.25. The van der Waals surface area contributed by atoms with Gasteiger partial charge in [-0.1, -0.05) is 0 Å². The zero-order valence-electron chi connectivity index (χ0n) is 15.7. The second-order valence-corrected chi connectivity index (χ2v) is 6.96. The number of amides is 3. The first-order chi connectivity index (χ1) is 14.4. The van der Waals surface area contributed by atoms with Crippen LogP contribution >= 0.6 is 0 Å². The number of nitrogens with zero attached hydrogens (tertiary/aromatic N) is 5. The number of aromatic nitrogens is 2. The van der Waals surface area contributed by atoms with Gasteiger partial charge in [-0.3, -0.25) is 4.79 Å². The van der Waals surface area contributed by atoms with Gasteiger partial charge in [0.2, 0.25) is 5.88 Å². The van der Waals surface area contributed by atoms with Gasteiger partial charge in [-0.15, -0.1) is 0 Å². The van der Waals surface area contributed by atoms with Crippen LogP contribution in [0, 0.1) is 11.6 Å². The number of hydrazone groups is 1. The second-order valence-electron chi connectivity index (χ2n) is 6.96. The highest BCUT2D eigenvalue weighted by Crippen LogP contribution is 2.31. The third-order valence-electron chi connectivity index (χ3n) is 4.89. The van der Waals surface area contributed by atoms with Gasteiger partial charge in [0.1, 0.15) is 29.8 Å². The molecule has 156 valence electrons. The zero-order chi connectivity index (χ0) is 21.3. The Morgan fingerprint density at radius 3 is 2.63 bits per heavy atom. The maximum absolute atomic E-state index is 13.6. The zero-order valence-corrected chi connectivity index (χ0v) is 15.7. The summed E-state index contributed by atoms with van der Waals surface area (Å²) in [5.74, 6) is -1.93. The van der Waals surface area contributed by atoms with Gasteiger partial charge in [0, 0.05) is 37.7 Å². The number of hydrogen-bond acceptors (Lipinski definition) is 6. The molecule has 1 aromatic heterocycles. The molecule has 30 heavy (non-hydrogen) atoms. The number of carbonyl (C=O) groups excluding carboxylic acids is 2. The Morgan fingerprint density at radius 1 is 1.13 bits per heavy atom. The van der Waals surface area contributed by atoms with E-state index >= 15 is 0 Å². The van der Waals surface area contributed by atoms with Crippen molar-refractivity contribution in [3.63, 3.8) is 0 Å². The minimum atomic E-state index is -0.709. The minimum Gasteiger partial charge on any atom is -0.472 e. The molecule has 0 saturated carbocycles. The van der Waals surface area contributed by atoms with Gasteiger partial charge >= 0.3 is 6.03 Å². The van der Waals surface area contributed by atoms with E-state index in [1.54, 1.807) is 11.1 Å². The van der Waals surface area contributed by atoms with Crippen LogP contribution < -0.4 is 10.5 Å². The lowest BCUT2D eigenvalue weighted by atomic mass is 10.0. The summed E-state index contributed by atoms with van der Waals surface area (Å²) in [7, 11) is 0. The smallest absolute Gasteiger partial charge is 0.341 e. The van der Waals surface area contributed by atoms with Crippen LogP contribution in [0.15, 0.2) is 35.7 Å². The first kappa shape index (κ1) is 19.7. The van der Waals surface area contributed by atoms with E-state index in [9.17, 15) is 18.4 Å². The summed E-state index contributed by atoms with van der Waals surface area (Å²) < 4.78 is 32.9. The molecule has 2 aliphatic rings. The maximum atomic E-state index is 13.6. The molecule has 0 unspecified atom stereocenters. The van der Waals surface area contributed by atoms with Crippen molar-refractivity contribution < 1.29 is 23.1 Å². The van der Waals surface area contributed by atoms with Gasteiger partial charge in [-0.2, -0.15) is 5.10 Å². The van der Waals surface area contributed by atoms with E-state index in [0.29, 0.717) is 24.9 Å². The fraction of sp³-hybridized carbons (Fsp3) is 0.316. The second kappa shape index (κ2) is 8.01. The molecule has 0 bridgehead atoms. The van der Waals surface area contributed by atoms with E-state index in [-0.39, 0.29) is 30.3 Å². The number of benzene rings is 1. The van der Waals surface area contributed by atoms with Crippen LogP contribution in [-0.2, 0) is 0 Å². The monoisotopic (exact) mass is 416 g/mol. The number of likely N-dealkylation sites (tertiary alicyclic amines) is 1. The normalized spacial score (nSPS) is 20.6. The lowest BCUT2D eigenvalue weighted by Gasteiger charge is -2.27. The number of halogens is 2. The number of primary amides is 1. The molecule has 1 aromatic carbocycles. The van der Waals surface area contributed by atoms with Gasteiger partial charge in [-0.05, 0) is 17.7 Å². The summed E-state index contributed by atoms with van der Waals surface area (Å²) in [6, 6.07) is 3.55. The van der Waals surface area contributed by atoms with Crippen molar-refractivity contribution in [1.82, 2.24) is 19.9 Å². The van der Waals surface area contributed by atoms with E-state index < -0.39 is 23.6 Å². The Morgan fingerprint density at radius 2 is 1.90 bits per heavy atom. The molecule has 4 rings (SSSR count). The Hall–Kier alpha value is -3.63. The van der Waals surface area contributed by atoms with Crippen LogP contribution in [0.5, 0.6) is 5.88 Å². The summed E-state index contributed by atoms with van der Waals surface area (Å²) in [5, 5.41) is 5.33. The van der Waals surface area contributed by atoms with Gasteiger partial charge in [-0.25, -0.2) is 28.6 Å². The van der Waals surface area contributed by atoms with Crippen molar-refractivity contribution in [1.29, 1.82) is 0 Å². The molecule has 2 atom stereocenters. The number of rotatable bonds is 4.